The number of primary amides is 1. The van der Waals surface area contributed by atoms with Crippen molar-refractivity contribution >= 4 is 38.5 Å². The number of carbonyl (C=O) groups excluding carboxylic acids is 1. The van der Waals surface area contributed by atoms with Gasteiger partial charge in [0.1, 0.15) is 0 Å². The van der Waals surface area contributed by atoms with Crippen LogP contribution < -0.4 is 11.5 Å². The number of hydrogen-bond donors (Lipinski definition) is 4. The van der Waals surface area contributed by atoms with Crippen molar-refractivity contribution in [1.82, 2.24) is 9.55 Å². The summed E-state index contributed by atoms with van der Waals surface area (Å²) in [5.74, 6) is -0.280. The van der Waals surface area contributed by atoms with Gasteiger partial charge in [0, 0.05) is 39.8 Å². The number of nitrogens with zero attached hydrogens (tertiary/aromatic N) is 1. The summed E-state index contributed by atoms with van der Waals surface area (Å²) in [4.78, 5) is 15.6. The van der Waals surface area contributed by atoms with Gasteiger partial charge in [0.2, 0.25) is 5.88 Å². The van der Waals surface area contributed by atoms with E-state index in [1.165, 1.54) is 0 Å². The SMILES string of the molecule is Cc1c(-c2ccc(C(N)=O)c3[nH]c4cc(CN)ccc4c23)cccc1-n1cc2ccccc2c1O. The fraction of sp³-hybridized carbons (Fsp3) is 0.0690. The van der Waals surface area contributed by atoms with Gasteiger partial charge in [-0.15, -0.1) is 0 Å². The molecule has 0 saturated carbocycles. The lowest BCUT2D eigenvalue weighted by Crippen LogP contribution is -2.11. The molecule has 6 nitrogen and oxygen atoms in total. The first-order valence-electron chi connectivity index (χ1n) is 11.4. The highest BCUT2D eigenvalue weighted by Crippen LogP contribution is 2.40. The van der Waals surface area contributed by atoms with Gasteiger partial charge >= 0.3 is 0 Å². The van der Waals surface area contributed by atoms with Gasteiger partial charge in [-0.05, 0) is 53.4 Å². The highest BCUT2D eigenvalue weighted by Gasteiger charge is 2.19. The molecule has 0 aliphatic rings. The van der Waals surface area contributed by atoms with Gasteiger partial charge in [-0.3, -0.25) is 9.36 Å². The van der Waals surface area contributed by atoms with Crippen molar-refractivity contribution in [3.8, 4) is 22.7 Å². The number of amides is 1. The van der Waals surface area contributed by atoms with E-state index in [9.17, 15) is 9.90 Å². The highest BCUT2D eigenvalue weighted by atomic mass is 16.3. The number of rotatable bonds is 4. The molecule has 0 aliphatic carbocycles. The number of hydrogen-bond acceptors (Lipinski definition) is 3. The third-order valence-electron chi connectivity index (χ3n) is 6.87. The van der Waals surface area contributed by atoms with Crippen LogP contribution in [0.25, 0.3) is 49.4 Å². The average Bonchev–Trinajstić information content (AvgIpc) is 3.41. The molecule has 4 aromatic carbocycles. The molecular formula is C29H24N4O2. The number of aromatic hydroxyl groups is 1. The molecule has 35 heavy (non-hydrogen) atoms. The topological polar surface area (TPSA) is 110 Å². The number of nitrogens with two attached hydrogens (primary N) is 2. The molecule has 172 valence electrons. The Morgan fingerprint density at radius 3 is 2.57 bits per heavy atom. The van der Waals surface area contributed by atoms with Crippen molar-refractivity contribution in [2.45, 2.75) is 13.5 Å². The van der Waals surface area contributed by atoms with Crippen LogP contribution in [0, 0.1) is 6.92 Å². The second kappa shape index (κ2) is 7.75. The molecule has 0 radical (unpaired) electrons. The zero-order valence-electron chi connectivity index (χ0n) is 19.2. The number of H-pyrrole nitrogens is 1. The maximum atomic E-state index is 12.2. The van der Waals surface area contributed by atoms with E-state index in [1.54, 1.807) is 6.07 Å². The van der Waals surface area contributed by atoms with Crippen LogP contribution in [-0.4, -0.2) is 20.6 Å². The Bertz CT molecular complexity index is 1790. The summed E-state index contributed by atoms with van der Waals surface area (Å²) in [5.41, 5.74) is 18.5. The molecule has 0 bridgehead atoms. The molecule has 6 N–H and O–H groups in total. The normalized spacial score (nSPS) is 11.6. The van der Waals surface area contributed by atoms with E-state index < -0.39 is 5.91 Å². The van der Waals surface area contributed by atoms with Gasteiger partial charge < -0.3 is 21.6 Å². The number of carbonyl (C=O) groups is 1. The van der Waals surface area contributed by atoms with Crippen LogP contribution in [0.5, 0.6) is 5.88 Å². The quantitative estimate of drug-likeness (QED) is 0.279. The predicted molar refractivity (Wildman–Crippen MR) is 141 cm³/mol. The Labute approximate surface area is 201 Å². The smallest absolute Gasteiger partial charge is 0.250 e. The second-order valence-corrected chi connectivity index (χ2v) is 8.84. The summed E-state index contributed by atoms with van der Waals surface area (Å²) in [5, 5.41) is 14.7. The van der Waals surface area contributed by atoms with Crippen molar-refractivity contribution < 1.29 is 9.90 Å². The lowest BCUT2D eigenvalue weighted by Gasteiger charge is -2.15. The summed E-state index contributed by atoms with van der Waals surface area (Å²) in [7, 11) is 0. The van der Waals surface area contributed by atoms with Crippen LogP contribution >= 0.6 is 0 Å². The maximum absolute atomic E-state index is 12.2. The zero-order valence-corrected chi connectivity index (χ0v) is 19.2. The third-order valence-corrected chi connectivity index (χ3v) is 6.87. The van der Waals surface area contributed by atoms with E-state index in [2.05, 4.69) is 11.1 Å². The second-order valence-electron chi connectivity index (χ2n) is 8.84. The Kier molecular flexibility index (Phi) is 4.65. The molecular weight excluding hydrogens is 436 g/mol. The summed E-state index contributed by atoms with van der Waals surface area (Å²) in [6.07, 6.45) is 1.95. The lowest BCUT2D eigenvalue weighted by molar-refractivity contribution is 0.100. The maximum Gasteiger partial charge on any atom is 0.250 e. The van der Waals surface area contributed by atoms with Crippen molar-refractivity contribution in [3.63, 3.8) is 0 Å². The largest absolute Gasteiger partial charge is 0.494 e. The lowest BCUT2D eigenvalue weighted by atomic mass is 9.93. The van der Waals surface area contributed by atoms with Crippen molar-refractivity contribution in [2.75, 3.05) is 0 Å². The van der Waals surface area contributed by atoms with Crippen LogP contribution in [0.3, 0.4) is 0 Å². The minimum absolute atomic E-state index is 0.205. The summed E-state index contributed by atoms with van der Waals surface area (Å²) >= 11 is 0. The molecule has 2 aromatic heterocycles. The zero-order chi connectivity index (χ0) is 24.3. The minimum Gasteiger partial charge on any atom is -0.494 e. The Balaban J connectivity index is 1.64. The summed E-state index contributed by atoms with van der Waals surface area (Å²) in [6.45, 7) is 2.47. The fourth-order valence-electron chi connectivity index (χ4n) is 5.12. The number of nitrogens with one attached hydrogen (secondary N) is 1. The predicted octanol–water partition coefficient (Wildman–Crippen LogP) is 5.50. The number of aromatic amines is 1. The van der Waals surface area contributed by atoms with Crippen LogP contribution in [0.15, 0.2) is 79.0 Å². The third kappa shape index (κ3) is 3.11. The average molecular weight is 461 g/mol. The molecule has 2 heterocycles. The van der Waals surface area contributed by atoms with E-state index in [-0.39, 0.29) is 5.88 Å². The van der Waals surface area contributed by atoms with Gasteiger partial charge in [0.15, 0.2) is 0 Å². The summed E-state index contributed by atoms with van der Waals surface area (Å²) < 4.78 is 1.82. The van der Waals surface area contributed by atoms with Crippen molar-refractivity contribution in [1.29, 1.82) is 0 Å². The monoisotopic (exact) mass is 460 g/mol. The molecule has 6 heteroatoms. The van der Waals surface area contributed by atoms with E-state index >= 15 is 0 Å². The van der Waals surface area contributed by atoms with Gasteiger partial charge in [-0.25, -0.2) is 0 Å². The molecule has 6 rings (SSSR count). The van der Waals surface area contributed by atoms with Crippen molar-refractivity contribution in [3.05, 3.63) is 95.7 Å². The van der Waals surface area contributed by atoms with E-state index in [4.69, 9.17) is 11.5 Å². The van der Waals surface area contributed by atoms with E-state index in [0.29, 0.717) is 17.6 Å². The number of aromatic nitrogens is 2. The fourth-order valence-corrected chi connectivity index (χ4v) is 5.12. The first-order valence-corrected chi connectivity index (χ1v) is 11.4. The Morgan fingerprint density at radius 1 is 0.971 bits per heavy atom. The standard InChI is InChI=1S/C29H24N4O2/c1-16-19(7-4-8-25(16)33-15-18-5-2-3-6-20(18)29(33)35)21-11-12-23(28(31)34)27-26(21)22-10-9-17(14-30)13-24(22)32-27/h2-13,15,32,35H,14,30H2,1H3,(H2,31,34). The van der Waals surface area contributed by atoms with Crippen LogP contribution in [-0.2, 0) is 6.54 Å². The molecule has 6 aromatic rings. The summed E-state index contributed by atoms with van der Waals surface area (Å²) in [6, 6.07) is 23.6. The molecule has 1 amide bonds. The van der Waals surface area contributed by atoms with E-state index in [0.717, 1.165) is 55.0 Å². The van der Waals surface area contributed by atoms with Crippen LogP contribution in [0.2, 0.25) is 0 Å². The van der Waals surface area contributed by atoms with Gasteiger partial charge in [0.25, 0.3) is 5.91 Å². The van der Waals surface area contributed by atoms with Crippen LogP contribution in [0.4, 0.5) is 0 Å². The highest BCUT2D eigenvalue weighted by molar-refractivity contribution is 6.20. The van der Waals surface area contributed by atoms with Crippen molar-refractivity contribution in [2.24, 2.45) is 11.5 Å². The first kappa shape index (κ1) is 21.0. The number of fused-ring (bicyclic) bond motifs is 4. The minimum atomic E-state index is -0.485. The van der Waals surface area contributed by atoms with Gasteiger partial charge in [0.05, 0.1) is 16.8 Å². The molecule has 0 aliphatic heterocycles. The Morgan fingerprint density at radius 2 is 1.80 bits per heavy atom. The molecule has 0 unspecified atom stereocenters. The van der Waals surface area contributed by atoms with Gasteiger partial charge in [-0.1, -0.05) is 48.5 Å². The molecule has 0 atom stereocenters. The molecule has 0 fully saturated rings. The Hall–Kier alpha value is -4.55. The molecule has 0 saturated heterocycles. The van der Waals surface area contributed by atoms with Crippen LogP contribution in [0.1, 0.15) is 21.5 Å². The van der Waals surface area contributed by atoms with E-state index in [1.807, 2.05) is 78.4 Å². The number of benzene rings is 4. The molecule has 0 spiro atoms. The first-order chi connectivity index (χ1) is 17.0. The van der Waals surface area contributed by atoms with Gasteiger partial charge in [-0.2, -0.15) is 0 Å².